The van der Waals surface area contributed by atoms with E-state index in [-0.39, 0.29) is 18.7 Å². The third kappa shape index (κ3) is 3.80. The van der Waals surface area contributed by atoms with Crippen molar-refractivity contribution in [1.82, 2.24) is 4.90 Å². The van der Waals surface area contributed by atoms with Gasteiger partial charge in [0.15, 0.2) is 9.84 Å². The Balaban J connectivity index is 2.66. The van der Waals surface area contributed by atoms with Gasteiger partial charge in [-0.05, 0) is 55.8 Å². The lowest BCUT2D eigenvalue weighted by Gasteiger charge is -2.32. The van der Waals surface area contributed by atoms with Crippen LogP contribution < -0.4 is 0 Å². The molecule has 1 aromatic rings. The number of sulfone groups is 1. The quantitative estimate of drug-likeness (QED) is 0.856. The summed E-state index contributed by atoms with van der Waals surface area (Å²) in [5.41, 5.74) is -0.240. The van der Waals surface area contributed by atoms with Crippen LogP contribution in [0.3, 0.4) is 0 Å². The fraction of sp³-hybridized carbons (Fsp3) is 0.600. The zero-order valence-corrected chi connectivity index (χ0v) is 11.4. The van der Waals surface area contributed by atoms with Gasteiger partial charge in [-0.2, -0.15) is 0 Å². The average molecular weight is 292 g/mol. The fourth-order valence-corrected chi connectivity index (χ4v) is 2.58. The number of rotatable bonds is 4. The van der Waals surface area contributed by atoms with Gasteiger partial charge in [-0.15, -0.1) is 0 Å². The van der Waals surface area contributed by atoms with Gasteiger partial charge in [-0.1, -0.05) is 19.0 Å². The second kappa shape index (κ2) is 6.06. The van der Waals surface area contributed by atoms with Crippen LogP contribution in [0.2, 0.25) is 0 Å². The van der Waals surface area contributed by atoms with Crippen molar-refractivity contribution in [2.75, 3.05) is 25.8 Å². The standard InChI is InChI=1S/C15H23NO2S/c1-3-9-16-10-5-7-14(12-16)13-6-4-8-15(11-13)19(2,17)18/h4,6,8,11,14H,3,5,7,9-10,12H2,1-2H3/t14-/m1/s1/i2D3,3D2,4D,6D,8D,9D2,11D. The minimum Gasteiger partial charge on any atom is -0.303 e. The lowest BCUT2D eigenvalue weighted by atomic mass is 9.90. The molecule has 0 aliphatic carbocycles. The molecule has 0 saturated carbocycles. The van der Waals surface area contributed by atoms with Gasteiger partial charge >= 0.3 is 0 Å². The number of hydrogen-bond acceptors (Lipinski definition) is 3. The number of benzene rings is 1. The molecular formula is C15H23NO2S. The molecule has 0 amide bonds. The predicted molar refractivity (Wildman–Crippen MR) is 78.3 cm³/mol. The number of nitrogens with zero attached hydrogens (tertiary/aromatic N) is 1. The number of piperidine rings is 1. The summed E-state index contributed by atoms with van der Waals surface area (Å²) in [7, 11) is -5.13. The summed E-state index contributed by atoms with van der Waals surface area (Å²) in [6.45, 7) is -1.26. The lowest BCUT2D eigenvalue weighted by molar-refractivity contribution is 0.208. The molecule has 1 aliphatic heterocycles. The van der Waals surface area contributed by atoms with Crippen LogP contribution in [0.15, 0.2) is 29.1 Å². The van der Waals surface area contributed by atoms with E-state index in [4.69, 9.17) is 15.1 Å². The van der Waals surface area contributed by atoms with E-state index in [1.165, 1.54) is 4.90 Å². The first-order valence-corrected chi connectivity index (χ1v) is 7.44. The zero-order chi connectivity index (χ0) is 23.4. The van der Waals surface area contributed by atoms with Crippen molar-refractivity contribution in [1.29, 1.82) is 0 Å². The van der Waals surface area contributed by atoms with Gasteiger partial charge in [0.1, 0.15) is 0 Å². The fourth-order valence-electron chi connectivity index (χ4n) is 2.15. The molecule has 106 valence electrons. The third-order valence-electron chi connectivity index (χ3n) is 2.99. The summed E-state index contributed by atoms with van der Waals surface area (Å²) >= 11 is 0. The molecule has 1 aromatic carbocycles. The van der Waals surface area contributed by atoms with Crippen molar-refractivity contribution >= 4 is 9.84 Å². The molecule has 0 spiro atoms. The molecule has 19 heavy (non-hydrogen) atoms. The molecule has 0 bridgehead atoms. The van der Waals surface area contributed by atoms with E-state index in [9.17, 15) is 8.42 Å². The molecular weight excluding hydrogens is 258 g/mol. The van der Waals surface area contributed by atoms with Gasteiger partial charge < -0.3 is 4.90 Å². The van der Waals surface area contributed by atoms with E-state index in [1.807, 2.05) is 0 Å². The van der Waals surface area contributed by atoms with E-state index in [0.29, 0.717) is 12.8 Å². The van der Waals surface area contributed by atoms with Crippen molar-refractivity contribution < 1.29 is 23.5 Å². The monoisotopic (exact) mass is 292 g/mol. The molecule has 1 heterocycles. The van der Waals surface area contributed by atoms with Crippen LogP contribution in [-0.2, 0) is 9.84 Å². The SMILES string of the molecule is [2H]c1c([2H])c([C@@H]2CCCN(C([2H])([2H])C([2H])([2H])C)C2)c([2H])c(S(=O)(=O)C([2H])([2H])[2H])c1[2H]. The molecule has 1 atom stereocenters. The van der Waals surface area contributed by atoms with E-state index in [0.717, 1.165) is 6.92 Å². The Bertz CT molecular complexity index is 938. The van der Waals surface area contributed by atoms with Crippen LogP contribution in [0.25, 0.3) is 0 Å². The molecule has 0 N–H and O–H groups in total. The van der Waals surface area contributed by atoms with Crippen LogP contribution in [0, 0.1) is 0 Å². The summed E-state index contributed by atoms with van der Waals surface area (Å²) in [5.74, 6) is -0.800. The van der Waals surface area contributed by atoms with Crippen molar-refractivity contribution in [3.63, 3.8) is 0 Å². The normalized spacial score (nSPS) is 32.1. The summed E-state index contributed by atoms with van der Waals surface area (Å²) in [6, 6.07) is -3.28. The second-order valence-electron chi connectivity index (χ2n) is 4.39. The maximum absolute atomic E-state index is 12.5. The minimum absolute atomic E-state index is 0.151. The van der Waals surface area contributed by atoms with Gasteiger partial charge in [0, 0.05) is 22.3 Å². The molecule has 2 rings (SSSR count). The number of hydrogen-bond donors (Lipinski definition) is 0. The highest BCUT2D eigenvalue weighted by atomic mass is 32.2. The zero-order valence-electron chi connectivity index (χ0n) is 21.6. The summed E-state index contributed by atoms with van der Waals surface area (Å²) in [5, 5.41) is 0. The molecule has 1 saturated heterocycles. The Labute approximate surface area is 132 Å². The minimum atomic E-state index is -5.13. The van der Waals surface area contributed by atoms with Crippen LogP contribution in [0.4, 0.5) is 0 Å². The first kappa shape index (κ1) is 5.86. The molecule has 1 aliphatic rings. The van der Waals surface area contributed by atoms with Gasteiger partial charge in [-0.3, -0.25) is 0 Å². The topological polar surface area (TPSA) is 37.4 Å². The average Bonchev–Trinajstić information content (AvgIpc) is 2.58. The first-order chi connectivity index (χ1) is 13.4. The summed E-state index contributed by atoms with van der Waals surface area (Å²) in [4.78, 5) is 0.0698. The van der Waals surface area contributed by atoms with Crippen molar-refractivity contribution in [3.8, 4) is 0 Å². The van der Waals surface area contributed by atoms with Crippen molar-refractivity contribution in [2.24, 2.45) is 0 Å². The van der Waals surface area contributed by atoms with Gasteiger partial charge in [0.2, 0.25) is 0 Å². The molecule has 4 heteroatoms. The summed E-state index contributed by atoms with van der Waals surface area (Å²) in [6.07, 6.45) is -5.12. The third-order valence-corrected chi connectivity index (χ3v) is 3.73. The Hall–Kier alpha value is -0.870. The van der Waals surface area contributed by atoms with Crippen molar-refractivity contribution in [2.45, 2.75) is 37.0 Å². The van der Waals surface area contributed by atoms with E-state index < -0.39 is 63.9 Å². The van der Waals surface area contributed by atoms with Crippen LogP contribution in [0.5, 0.6) is 0 Å². The Morgan fingerprint density at radius 3 is 3.16 bits per heavy atom. The highest BCUT2D eigenvalue weighted by Gasteiger charge is 2.21. The predicted octanol–water partition coefficient (Wildman–Crippen LogP) is 2.68. The highest BCUT2D eigenvalue weighted by molar-refractivity contribution is 7.90. The lowest BCUT2D eigenvalue weighted by Crippen LogP contribution is -2.34. The molecule has 0 radical (unpaired) electrons. The summed E-state index contributed by atoms with van der Waals surface area (Å²) < 4.78 is 111. The molecule has 0 unspecified atom stereocenters. The van der Waals surface area contributed by atoms with Gasteiger partial charge in [0.05, 0.1) is 10.4 Å². The number of likely N-dealkylation sites (tertiary alicyclic amines) is 1. The smallest absolute Gasteiger partial charge is 0.175 e. The Morgan fingerprint density at radius 2 is 2.42 bits per heavy atom. The largest absolute Gasteiger partial charge is 0.303 e. The van der Waals surface area contributed by atoms with Crippen LogP contribution in [0.1, 0.15) is 52.7 Å². The van der Waals surface area contributed by atoms with Crippen molar-refractivity contribution in [3.05, 3.63) is 29.7 Å². The second-order valence-corrected chi connectivity index (χ2v) is 5.81. The molecule has 1 fully saturated rings. The van der Waals surface area contributed by atoms with Gasteiger partial charge in [0.25, 0.3) is 0 Å². The maximum atomic E-state index is 12.5. The molecule has 3 nitrogen and oxygen atoms in total. The van der Waals surface area contributed by atoms with E-state index in [2.05, 4.69) is 0 Å². The Morgan fingerprint density at radius 1 is 1.58 bits per heavy atom. The van der Waals surface area contributed by atoms with E-state index in [1.54, 1.807) is 0 Å². The molecule has 0 aromatic heterocycles. The maximum Gasteiger partial charge on any atom is 0.175 e. The first-order valence-electron chi connectivity index (χ1n) is 11.5. The van der Waals surface area contributed by atoms with Crippen LogP contribution >= 0.6 is 0 Å². The van der Waals surface area contributed by atoms with Gasteiger partial charge in [-0.25, -0.2) is 8.42 Å². The van der Waals surface area contributed by atoms with E-state index >= 15 is 0 Å². The highest BCUT2D eigenvalue weighted by Crippen LogP contribution is 2.28. The van der Waals surface area contributed by atoms with Crippen LogP contribution in [-0.4, -0.2) is 39.1 Å². The Kier molecular flexibility index (Phi) is 1.87.